The average Bonchev–Trinajstić information content (AvgIpc) is 2.87. The van der Waals surface area contributed by atoms with Crippen molar-refractivity contribution < 1.29 is 19.0 Å². The lowest BCUT2D eigenvalue weighted by atomic mass is 10.1. The summed E-state index contributed by atoms with van der Waals surface area (Å²) in [6.45, 7) is 0. The van der Waals surface area contributed by atoms with Crippen molar-refractivity contribution in [1.29, 1.82) is 0 Å². The molecule has 10 heteroatoms. The zero-order valence-corrected chi connectivity index (χ0v) is 22.0. The Kier molecular flexibility index (Phi) is 9.16. The number of anilines is 1. The highest BCUT2D eigenvalue weighted by atomic mass is 35.5. The van der Waals surface area contributed by atoms with E-state index < -0.39 is 0 Å². The highest BCUT2D eigenvalue weighted by Gasteiger charge is 2.17. The van der Waals surface area contributed by atoms with Crippen LogP contribution in [0.3, 0.4) is 0 Å². The number of aliphatic imine (C=N–C) groups is 2. The van der Waals surface area contributed by atoms with Gasteiger partial charge in [0, 0.05) is 31.6 Å². The molecule has 0 aliphatic rings. The van der Waals surface area contributed by atoms with Gasteiger partial charge >= 0.3 is 0 Å². The smallest absolute Gasteiger partial charge is 0.255 e. The normalized spacial score (nSPS) is 11.1. The van der Waals surface area contributed by atoms with Crippen molar-refractivity contribution in [2.75, 3.05) is 40.7 Å². The van der Waals surface area contributed by atoms with E-state index in [1.807, 2.05) is 26.2 Å². The van der Waals surface area contributed by atoms with Gasteiger partial charge in [-0.2, -0.15) is 0 Å². The summed E-state index contributed by atoms with van der Waals surface area (Å²) in [4.78, 5) is 23.3. The van der Waals surface area contributed by atoms with E-state index in [9.17, 15) is 4.79 Å². The lowest BCUT2D eigenvalue weighted by molar-refractivity contribution is 0.102. The van der Waals surface area contributed by atoms with E-state index in [2.05, 4.69) is 15.3 Å². The number of rotatable bonds is 9. The summed E-state index contributed by atoms with van der Waals surface area (Å²) in [7, 11) is 8.22. The summed E-state index contributed by atoms with van der Waals surface area (Å²) < 4.78 is 15.9. The van der Waals surface area contributed by atoms with Crippen molar-refractivity contribution in [3.8, 4) is 17.2 Å². The van der Waals surface area contributed by atoms with Crippen LogP contribution in [0, 0.1) is 0 Å². The monoisotopic (exact) mass is 528 g/mol. The molecule has 0 spiro atoms. The number of carbonyl (C=O) groups excluding carboxylic acids is 1. The van der Waals surface area contributed by atoms with Gasteiger partial charge in [-0.3, -0.25) is 9.79 Å². The van der Waals surface area contributed by atoms with Gasteiger partial charge in [-0.15, -0.1) is 0 Å². The van der Waals surface area contributed by atoms with E-state index >= 15 is 0 Å². The second-order valence-electron chi connectivity index (χ2n) is 7.71. The van der Waals surface area contributed by atoms with Crippen LogP contribution in [-0.4, -0.2) is 58.8 Å². The molecular weight excluding hydrogens is 503 g/mol. The van der Waals surface area contributed by atoms with Gasteiger partial charge in [0.15, 0.2) is 11.5 Å². The molecule has 188 valence electrons. The van der Waals surface area contributed by atoms with Crippen LogP contribution in [0.15, 0.2) is 58.5 Å². The predicted molar refractivity (Wildman–Crippen MR) is 146 cm³/mol. The molecule has 0 saturated heterocycles. The van der Waals surface area contributed by atoms with E-state index in [0.717, 1.165) is 5.56 Å². The zero-order valence-electron chi connectivity index (χ0n) is 20.5. The van der Waals surface area contributed by atoms with Crippen LogP contribution in [-0.2, 0) is 0 Å². The molecule has 0 unspecified atom stereocenters. The maximum Gasteiger partial charge on any atom is 0.255 e. The van der Waals surface area contributed by atoms with Crippen LogP contribution in [0.1, 0.15) is 15.9 Å². The van der Waals surface area contributed by atoms with Gasteiger partial charge < -0.3 is 24.4 Å². The third kappa shape index (κ3) is 6.68. The minimum absolute atomic E-state index is 0.325. The van der Waals surface area contributed by atoms with Crippen LogP contribution in [0.2, 0.25) is 10.0 Å². The molecule has 0 fully saturated rings. The molecule has 0 aliphatic carbocycles. The summed E-state index contributed by atoms with van der Waals surface area (Å²) in [5.41, 5.74) is 2.85. The first-order valence-corrected chi connectivity index (χ1v) is 11.5. The first kappa shape index (κ1) is 26.8. The fraction of sp³-hybridized carbons (Fsp3) is 0.192. The third-order valence-corrected chi connectivity index (χ3v) is 5.50. The second kappa shape index (κ2) is 12.3. The summed E-state index contributed by atoms with van der Waals surface area (Å²) in [6, 6.07) is 13.7. The fourth-order valence-corrected chi connectivity index (χ4v) is 3.53. The van der Waals surface area contributed by atoms with Crippen LogP contribution < -0.4 is 19.5 Å². The first-order chi connectivity index (χ1) is 17.2. The highest BCUT2D eigenvalue weighted by molar-refractivity contribution is 6.37. The Hall–Kier alpha value is -3.75. The van der Waals surface area contributed by atoms with Crippen molar-refractivity contribution in [2.24, 2.45) is 9.98 Å². The van der Waals surface area contributed by atoms with Gasteiger partial charge in [0.2, 0.25) is 5.75 Å². The molecule has 0 radical (unpaired) electrons. The van der Waals surface area contributed by atoms with Crippen molar-refractivity contribution in [1.82, 2.24) is 4.90 Å². The molecule has 0 aromatic heterocycles. The summed E-state index contributed by atoms with van der Waals surface area (Å²) >= 11 is 12.7. The van der Waals surface area contributed by atoms with Crippen LogP contribution in [0.5, 0.6) is 17.2 Å². The molecule has 1 N–H and O–H groups in total. The van der Waals surface area contributed by atoms with E-state index in [4.69, 9.17) is 37.4 Å². The molecule has 3 rings (SSSR count). The standard InChI is InChI=1S/C26H26Cl2N4O4/c1-32(2)15-30-22-13-19(27)21(12-20(22)28)29-14-16-6-8-18(9-7-16)31-26(33)17-10-23(34-3)25(36-5)24(11-17)35-4/h6-15H,1-5H3,(H,31,33). The Morgan fingerprint density at radius 2 is 1.42 bits per heavy atom. The van der Waals surface area contributed by atoms with Crippen molar-refractivity contribution in [2.45, 2.75) is 0 Å². The third-order valence-electron chi connectivity index (χ3n) is 4.89. The Morgan fingerprint density at radius 3 is 1.92 bits per heavy atom. The second-order valence-corrected chi connectivity index (χ2v) is 8.53. The Balaban J connectivity index is 1.73. The Bertz CT molecular complexity index is 1270. The molecule has 8 nitrogen and oxygen atoms in total. The quantitative estimate of drug-likeness (QED) is 0.262. The zero-order chi connectivity index (χ0) is 26.2. The number of nitrogens with one attached hydrogen (secondary N) is 1. The summed E-state index contributed by atoms with van der Waals surface area (Å²) in [5.74, 6) is 0.876. The lowest BCUT2D eigenvalue weighted by Crippen LogP contribution is -2.12. The van der Waals surface area contributed by atoms with Gasteiger partial charge in [0.25, 0.3) is 5.91 Å². The number of halogens is 2. The Labute approximate surface area is 220 Å². The van der Waals surface area contributed by atoms with Gasteiger partial charge in [-0.25, -0.2) is 4.99 Å². The Morgan fingerprint density at radius 1 is 0.861 bits per heavy atom. The predicted octanol–water partition coefficient (Wildman–Crippen LogP) is 6.24. The van der Waals surface area contributed by atoms with Crippen molar-refractivity contribution in [3.63, 3.8) is 0 Å². The van der Waals surface area contributed by atoms with Gasteiger partial charge in [-0.05, 0) is 42.0 Å². The molecular formula is C26H26Cl2N4O4. The summed E-state index contributed by atoms with van der Waals surface area (Å²) in [5, 5.41) is 3.72. The highest BCUT2D eigenvalue weighted by Crippen LogP contribution is 2.38. The topological polar surface area (TPSA) is 84.8 Å². The number of nitrogens with zero attached hydrogens (tertiary/aromatic N) is 3. The van der Waals surface area contributed by atoms with Gasteiger partial charge in [0.1, 0.15) is 0 Å². The summed E-state index contributed by atoms with van der Waals surface area (Å²) in [6.07, 6.45) is 3.30. The maximum absolute atomic E-state index is 12.8. The minimum atomic E-state index is -0.325. The fourth-order valence-electron chi connectivity index (χ4n) is 3.11. The number of benzene rings is 3. The van der Waals surface area contributed by atoms with Crippen LogP contribution >= 0.6 is 23.2 Å². The average molecular weight is 529 g/mol. The van der Waals surface area contributed by atoms with E-state index in [0.29, 0.717) is 49.9 Å². The van der Waals surface area contributed by atoms with Crippen molar-refractivity contribution in [3.05, 3.63) is 69.7 Å². The number of hydrogen-bond acceptors (Lipinski definition) is 6. The van der Waals surface area contributed by atoms with Crippen LogP contribution in [0.4, 0.5) is 17.1 Å². The van der Waals surface area contributed by atoms with E-state index in [-0.39, 0.29) is 5.91 Å². The van der Waals surface area contributed by atoms with E-state index in [1.54, 1.807) is 53.9 Å². The molecule has 3 aromatic carbocycles. The largest absolute Gasteiger partial charge is 0.493 e. The number of amides is 1. The number of ether oxygens (including phenoxy) is 3. The molecule has 1 amide bonds. The van der Waals surface area contributed by atoms with Gasteiger partial charge in [-0.1, -0.05) is 35.3 Å². The molecule has 0 aliphatic heterocycles. The lowest BCUT2D eigenvalue weighted by Gasteiger charge is -2.14. The molecule has 0 heterocycles. The number of carbonyl (C=O) groups is 1. The number of hydrogen-bond donors (Lipinski definition) is 1. The molecule has 0 atom stereocenters. The van der Waals surface area contributed by atoms with Gasteiger partial charge in [0.05, 0.1) is 49.1 Å². The first-order valence-electron chi connectivity index (χ1n) is 10.7. The van der Waals surface area contributed by atoms with Crippen LogP contribution in [0.25, 0.3) is 0 Å². The minimum Gasteiger partial charge on any atom is -0.493 e. The molecule has 0 saturated carbocycles. The van der Waals surface area contributed by atoms with E-state index in [1.165, 1.54) is 21.3 Å². The maximum atomic E-state index is 12.8. The number of methoxy groups -OCH3 is 3. The molecule has 0 bridgehead atoms. The SMILES string of the molecule is COc1cc(C(=O)Nc2ccc(C=Nc3cc(Cl)c(N=CN(C)C)cc3Cl)cc2)cc(OC)c1OC. The molecule has 3 aromatic rings. The van der Waals surface area contributed by atoms with Crippen molar-refractivity contribution >= 4 is 58.7 Å². The molecule has 36 heavy (non-hydrogen) atoms.